The summed E-state index contributed by atoms with van der Waals surface area (Å²) in [5.41, 5.74) is 5.47. The highest BCUT2D eigenvalue weighted by atomic mass is 35.5. The molecule has 1 aliphatic heterocycles. The first-order valence-electron chi connectivity index (χ1n) is 9.66. The van der Waals surface area contributed by atoms with Crippen LogP contribution in [0.25, 0.3) is 33.5 Å². The summed E-state index contributed by atoms with van der Waals surface area (Å²) in [6, 6.07) is 7.72. The first-order valence-corrected chi connectivity index (χ1v) is 10.0. The minimum absolute atomic E-state index is 0.0689. The number of fused-ring (bicyclic) bond motifs is 2. The smallest absolute Gasteiger partial charge is 0.159 e. The molecule has 5 rings (SSSR count). The lowest BCUT2D eigenvalue weighted by Gasteiger charge is -2.23. The molecule has 1 atom stereocenters. The number of nitrogens with one attached hydrogen (secondary N) is 2. The van der Waals surface area contributed by atoms with Gasteiger partial charge in [0.1, 0.15) is 11.5 Å². The van der Waals surface area contributed by atoms with Gasteiger partial charge >= 0.3 is 0 Å². The molecule has 6 nitrogen and oxygen atoms in total. The van der Waals surface area contributed by atoms with Crippen LogP contribution in [0.5, 0.6) is 0 Å². The predicted octanol–water partition coefficient (Wildman–Crippen LogP) is 4.35. The van der Waals surface area contributed by atoms with E-state index in [9.17, 15) is 4.39 Å². The van der Waals surface area contributed by atoms with Crippen molar-refractivity contribution in [1.82, 2.24) is 25.1 Å². The fourth-order valence-electron chi connectivity index (χ4n) is 4.23. The second-order valence-electron chi connectivity index (χ2n) is 7.93. The number of rotatable bonds is 3. The first-order chi connectivity index (χ1) is 13.9. The van der Waals surface area contributed by atoms with Crippen LogP contribution in [0.3, 0.4) is 0 Å². The molecule has 0 aliphatic carbocycles. The Balaban J connectivity index is 1.57. The standard InChI is InChI=1S/C21H22ClFN6/c1-11-18(29-7-6-12(10-29)28(2)3)5-4-16-19(11)25-21(24-16)20-13-8-15(23)14(22)9-17(13)26-27-20/h4-5,8-9,12H,6-7,10H2,1-3H3,(H,24,25)(H,26,27). The summed E-state index contributed by atoms with van der Waals surface area (Å²) < 4.78 is 14.0. The first kappa shape index (κ1) is 18.4. The van der Waals surface area contributed by atoms with Gasteiger partial charge in [-0.15, -0.1) is 0 Å². The van der Waals surface area contributed by atoms with Gasteiger partial charge in [0.05, 0.1) is 21.6 Å². The number of likely N-dealkylation sites (N-methyl/N-ethyl adjacent to an activating group) is 1. The van der Waals surface area contributed by atoms with Gasteiger partial charge in [0.2, 0.25) is 0 Å². The quantitative estimate of drug-likeness (QED) is 0.525. The summed E-state index contributed by atoms with van der Waals surface area (Å²) in [4.78, 5) is 12.9. The summed E-state index contributed by atoms with van der Waals surface area (Å²) in [6.07, 6.45) is 1.16. The van der Waals surface area contributed by atoms with E-state index in [0.29, 0.717) is 28.5 Å². The summed E-state index contributed by atoms with van der Waals surface area (Å²) >= 11 is 5.88. The van der Waals surface area contributed by atoms with Crippen molar-refractivity contribution >= 4 is 39.2 Å². The Labute approximate surface area is 172 Å². The largest absolute Gasteiger partial charge is 0.370 e. The SMILES string of the molecule is Cc1c(N2CCC(N(C)C)C2)ccc2[nH]c(-c3n[nH]c4cc(Cl)c(F)cc34)nc12. The molecule has 0 spiro atoms. The molecule has 0 bridgehead atoms. The molecular formula is C21H22ClFN6. The van der Waals surface area contributed by atoms with E-state index in [2.05, 4.69) is 58.1 Å². The van der Waals surface area contributed by atoms with Gasteiger partial charge in [-0.2, -0.15) is 5.10 Å². The highest BCUT2D eigenvalue weighted by Gasteiger charge is 2.26. The summed E-state index contributed by atoms with van der Waals surface area (Å²) in [5, 5.41) is 7.97. The zero-order valence-corrected chi connectivity index (χ0v) is 17.3. The minimum atomic E-state index is -0.471. The van der Waals surface area contributed by atoms with Gasteiger partial charge in [0, 0.05) is 35.8 Å². The molecule has 2 N–H and O–H groups in total. The maximum Gasteiger partial charge on any atom is 0.159 e. The summed E-state index contributed by atoms with van der Waals surface area (Å²) in [7, 11) is 4.27. The maximum atomic E-state index is 14.0. The van der Waals surface area contributed by atoms with Crippen LogP contribution in [0.4, 0.5) is 10.1 Å². The number of aryl methyl sites for hydroxylation is 1. The number of aromatic nitrogens is 4. The fourth-order valence-corrected chi connectivity index (χ4v) is 4.39. The van der Waals surface area contributed by atoms with E-state index in [0.717, 1.165) is 36.1 Å². The van der Waals surface area contributed by atoms with Crippen molar-refractivity contribution < 1.29 is 4.39 Å². The number of aromatic amines is 2. The second kappa shape index (κ2) is 6.71. The van der Waals surface area contributed by atoms with Crippen LogP contribution in [0, 0.1) is 12.7 Å². The predicted molar refractivity (Wildman–Crippen MR) is 115 cm³/mol. The molecule has 2 aromatic carbocycles. The number of nitrogens with zero attached hydrogens (tertiary/aromatic N) is 4. The third-order valence-electron chi connectivity index (χ3n) is 5.94. The van der Waals surface area contributed by atoms with Crippen LogP contribution in [-0.4, -0.2) is 58.3 Å². The van der Waals surface area contributed by atoms with Crippen LogP contribution in [-0.2, 0) is 0 Å². The van der Waals surface area contributed by atoms with Crippen molar-refractivity contribution in [3.63, 3.8) is 0 Å². The summed E-state index contributed by atoms with van der Waals surface area (Å²) in [5.74, 6) is 0.140. The lowest BCUT2D eigenvalue weighted by molar-refractivity contribution is 0.315. The number of halogens is 2. The molecule has 0 amide bonds. The Morgan fingerprint density at radius 3 is 2.83 bits per heavy atom. The van der Waals surface area contributed by atoms with Gasteiger partial charge in [0.15, 0.2) is 5.82 Å². The van der Waals surface area contributed by atoms with E-state index in [4.69, 9.17) is 16.6 Å². The molecule has 1 aliphatic rings. The van der Waals surface area contributed by atoms with Crippen molar-refractivity contribution in [3.05, 3.63) is 40.7 Å². The normalized spacial score (nSPS) is 17.3. The molecule has 3 heterocycles. The molecule has 29 heavy (non-hydrogen) atoms. The highest BCUT2D eigenvalue weighted by Crippen LogP contribution is 2.33. The number of H-pyrrole nitrogens is 2. The Morgan fingerprint density at radius 2 is 2.07 bits per heavy atom. The highest BCUT2D eigenvalue weighted by molar-refractivity contribution is 6.31. The summed E-state index contributed by atoms with van der Waals surface area (Å²) in [6.45, 7) is 4.16. The molecular weight excluding hydrogens is 391 g/mol. The molecule has 1 unspecified atom stereocenters. The van der Waals surface area contributed by atoms with E-state index >= 15 is 0 Å². The van der Waals surface area contributed by atoms with Crippen molar-refractivity contribution in [1.29, 1.82) is 0 Å². The van der Waals surface area contributed by atoms with Gasteiger partial charge in [0.25, 0.3) is 0 Å². The Bertz CT molecular complexity index is 1230. The van der Waals surface area contributed by atoms with Gasteiger partial charge < -0.3 is 14.8 Å². The van der Waals surface area contributed by atoms with Gasteiger partial charge in [-0.3, -0.25) is 5.10 Å². The lowest BCUT2D eigenvalue weighted by atomic mass is 10.1. The van der Waals surface area contributed by atoms with Crippen molar-refractivity contribution in [2.24, 2.45) is 0 Å². The second-order valence-corrected chi connectivity index (χ2v) is 8.33. The lowest BCUT2D eigenvalue weighted by Crippen LogP contribution is -2.31. The topological polar surface area (TPSA) is 63.8 Å². The van der Waals surface area contributed by atoms with E-state index in [1.807, 2.05) is 0 Å². The van der Waals surface area contributed by atoms with Crippen molar-refractivity contribution in [2.75, 3.05) is 32.1 Å². The molecule has 1 saturated heterocycles. The zero-order valence-electron chi connectivity index (χ0n) is 16.6. The van der Waals surface area contributed by atoms with Crippen LogP contribution >= 0.6 is 11.6 Å². The van der Waals surface area contributed by atoms with Crippen molar-refractivity contribution in [3.8, 4) is 11.5 Å². The Morgan fingerprint density at radius 1 is 1.24 bits per heavy atom. The molecule has 8 heteroatoms. The number of hydrogen-bond donors (Lipinski definition) is 2. The van der Waals surface area contributed by atoms with Crippen molar-refractivity contribution in [2.45, 2.75) is 19.4 Å². The average molecular weight is 413 g/mol. The number of hydrogen-bond acceptors (Lipinski definition) is 4. The zero-order chi connectivity index (χ0) is 20.3. The Kier molecular flexibility index (Phi) is 4.26. The molecule has 0 radical (unpaired) electrons. The molecule has 4 aromatic rings. The number of benzene rings is 2. The van der Waals surface area contributed by atoms with E-state index < -0.39 is 5.82 Å². The monoisotopic (exact) mass is 412 g/mol. The van der Waals surface area contributed by atoms with E-state index in [1.165, 1.54) is 11.8 Å². The van der Waals surface area contributed by atoms with Crippen LogP contribution in [0.2, 0.25) is 5.02 Å². The van der Waals surface area contributed by atoms with Gasteiger partial charge in [-0.05, 0) is 51.7 Å². The average Bonchev–Trinajstić information content (AvgIpc) is 3.40. The van der Waals surface area contributed by atoms with Crippen LogP contribution in [0.1, 0.15) is 12.0 Å². The molecule has 2 aromatic heterocycles. The maximum absolute atomic E-state index is 14.0. The van der Waals surface area contributed by atoms with Crippen LogP contribution < -0.4 is 4.90 Å². The molecule has 0 saturated carbocycles. The third kappa shape index (κ3) is 2.96. The Hall–Kier alpha value is -2.64. The van der Waals surface area contributed by atoms with E-state index in [-0.39, 0.29) is 5.02 Å². The molecule has 1 fully saturated rings. The van der Waals surface area contributed by atoms with Crippen LogP contribution in [0.15, 0.2) is 24.3 Å². The van der Waals surface area contributed by atoms with E-state index in [1.54, 1.807) is 6.07 Å². The number of anilines is 1. The van der Waals surface area contributed by atoms with Gasteiger partial charge in [-0.1, -0.05) is 11.6 Å². The fraction of sp³-hybridized carbons (Fsp3) is 0.333. The molecule has 150 valence electrons. The number of imidazole rings is 1. The minimum Gasteiger partial charge on any atom is -0.370 e. The van der Waals surface area contributed by atoms with Gasteiger partial charge in [-0.25, -0.2) is 9.37 Å². The third-order valence-corrected chi connectivity index (χ3v) is 6.23.